The van der Waals surface area contributed by atoms with Crippen molar-refractivity contribution in [1.29, 1.82) is 0 Å². The lowest BCUT2D eigenvalue weighted by atomic mass is 10.4. The highest BCUT2D eigenvalue weighted by Gasteiger charge is 2.12. The van der Waals surface area contributed by atoms with Gasteiger partial charge in [0.15, 0.2) is 0 Å². The molecule has 0 aliphatic carbocycles. The van der Waals surface area contributed by atoms with Gasteiger partial charge in [0.05, 0.1) is 10.0 Å². The van der Waals surface area contributed by atoms with Crippen LogP contribution >= 0.6 is 57.6 Å². The smallest absolute Gasteiger partial charge is 0.285 e. The number of hydrogen-bond acceptors (Lipinski definition) is 2. The first-order valence-corrected chi connectivity index (χ1v) is 6.60. The molecular formula is C9H8Cl2INOS. The fourth-order valence-electron chi connectivity index (χ4n) is 0.768. The molecule has 82 valence electrons. The molecule has 0 aliphatic heterocycles. The van der Waals surface area contributed by atoms with E-state index in [1.165, 1.54) is 4.90 Å². The van der Waals surface area contributed by atoms with Gasteiger partial charge >= 0.3 is 0 Å². The van der Waals surface area contributed by atoms with E-state index in [-0.39, 0.29) is 5.24 Å². The maximum absolute atomic E-state index is 11.4. The number of carbonyl (C=O) groups is 1. The highest BCUT2D eigenvalue weighted by Crippen LogP contribution is 2.33. The molecule has 0 aliphatic rings. The maximum Gasteiger partial charge on any atom is 0.285 e. The Kier molecular flexibility index (Phi) is 5.02. The quantitative estimate of drug-likeness (QED) is 0.412. The summed E-state index contributed by atoms with van der Waals surface area (Å²) in [6, 6.07) is 3.45. The second kappa shape index (κ2) is 5.61. The van der Waals surface area contributed by atoms with E-state index in [1.807, 2.05) is 0 Å². The third kappa shape index (κ3) is 3.69. The molecule has 0 saturated heterocycles. The number of amides is 1. The summed E-state index contributed by atoms with van der Waals surface area (Å²) in [6.07, 6.45) is 0. The lowest BCUT2D eigenvalue weighted by Gasteiger charge is -2.10. The molecule has 0 radical (unpaired) electrons. The van der Waals surface area contributed by atoms with Gasteiger partial charge in [-0.15, -0.1) is 0 Å². The monoisotopic (exact) mass is 375 g/mol. The highest BCUT2D eigenvalue weighted by molar-refractivity contribution is 14.1. The van der Waals surface area contributed by atoms with Crippen molar-refractivity contribution in [3.05, 3.63) is 25.7 Å². The van der Waals surface area contributed by atoms with Crippen LogP contribution in [0.1, 0.15) is 0 Å². The third-order valence-electron chi connectivity index (χ3n) is 1.54. The average Bonchev–Trinajstić information content (AvgIpc) is 2.13. The number of rotatable bonds is 1. The summed E-state index contributed by atoms with van der Waals surface area (Å²) in [7, 11) is 3.38. The van der Waals surface area contributed by atoms with Crippen molar-refractivity contribution in [3.8, 4) is 0 Å². The molecule has 0 bridgehead atoms. The maximum atomic E-state index is 11.4. The number of thioether (sulfide) groups is 1. The summed E-state index contributed by atoms with van der Waals surface area (Å²) in [5.74, 6) is 0. The Balaban J connectivity index is 2.96. The first-order valence-electron chi connectivity index (χ1n) is 3.95. The summed E-state index contributed by atoms with van der Waals surface area (Å²) >= 11 is 15.1. The van der Waals surface area contributed by atoms with Crippen LogP contribution in [0.25, 0.3) is 0 Å². The van der Waals surface area contributed by atoms with Gasteiger partial charge in [-0.25, -0.2) is 0 Å². The van der Waals surface area contributed by atoms with Crippen molar-refractivity contribution < 1.29 is 4.79 Å². The van der Waals surface area contributed by atoms with E-state index in [9.17, 15) is 4.79 Å². The SMILES string of the molecule is CN(C)C(=O)Sc1cc(Cl)c(I)cc1Cl. The molecule has 1 aromatic carbocycles. The summed E-state index contributed by atoms with van der Waals surface area (Å²) < 4.78 is 0.876. The van der Waals surface area contributed by atoms with Crippen molar-refractivity contribution >= 4 is 62.8 Å². The van der Waals surface area contributed by atoms with Crippen LogP contribution in [0.2, 0.25) is 10.0 Å². The van der Waals surface area contributed by atoms with E-state index in [2.05, 4.69) is 22.6 Å². The zero-order valence-electron chi connectivity index (χ0n) is 8.05. The first kappa shape index (κ1) is 13.4. The molecule has 2 nitrogen and oxygen atoms in total. The van der Waals surface area contributed by atoms with Crippen LogP contribution in [0.5, 0.6) is 0 Å². The average molecular weight is 376 g/mol. The number of halogens is 3. The largest absolute Gasteiger partial charge is 0.339 e. The van der Waals surface area contributed by atoms with Gasteiger partial charge in [-0.1, -0.05) is 23.2 Å². The molecular weight excluding hydrogens is 368 g/mol. The van der Waals surface area contributed by atoms with E-state index in [4.69, 9.17) is 23.2 Å². The Bertz CT molecular complexity index is 398. The number of hydrogen-bond donors (Lipinski definition) is 0. The second-order valence-electron chi connectivity index (χ2n) is 2.96. The predicted molar refractivity (Wildman–Crippen MR) is 74.1 cm³/mol. The molecule has 0 N–H and O–H groups in total. The molecule has 1 amide bonds. The fourth-order valence-corrected chi connectivity index (χ4v) is 2.63. The van der Waals surface area contributed by atoms with Crippen molar-refractivity contribution in [2.24, 2.45) is 0 Å². The first-order chi connectivity index (χ1) is 6.91. The minimum Gasteiger partial charge on any atom is -0.339 e. The van der Waals surface area contributed by atoms with Crippen LogP contribution in [0.3, 0.4) is 0 Å². The summed E-state index contributed by atoms with van der Waals surface area (Å²) in [6.45, 7) is 0. The second-order valence-corrected chi connectivity index (χ2v) is 5.93. The molecule has 6 heteroatoms. The molecule has 0 heterocycles. The minimum absolute atomic E-state index is 0.0748. The van der Waals surface area contributed by atoms with Crippen LogP contribution in [0.4, 0.5) is 4.79 Å². The van der Waals surface area contributed by atoms with Gasteiger partial charge in [-0.05, 0) is 46.5 Å². The molecule has 15 heavy (non-hydrogen) atoms. The van der Waals surface area contributed by atoms with E-state index in [0.717, 1.165) is 15.3 Å². The third-order valence-corrected chi connectivity index (χ3v) is 4.58. The van der Waals surface area contributed by atoms with Crippen LogP contribution in [0.15, 0.2) is 17.0 Å². The van der Waals surface area contributed by atoms with Gasteiger partial charge in [-0.2, -0.15) is 0 Å². The Hall–Kier alpha value is 0.350. The van der Waals surface area contributed by atoms with Crippen molar-refractivity contribution in [1.82, 2.24) is 4.90 Å². The van der Waals surface area contributed by atoms with Gasteiger partial charge in [0.1, 0.15) is 0 Å². The molecule has 0 fully saturated rings. The molecule has 1 aromatic rings. The van der Waals surface area contributed by atoms with E-state index in [0.29, 0.717) is 14.9 Å². The Labute approximate surface area is 116 Å². The van der Waals surface area contributed by atoms with Crippen LogP contribution in [0, 0.1) is 3.57 Å². The normalized spacial score (nSPS) is 10.2. The Morgan fingerprint density at radius 2 is 1.93 bits per heavy atom. The van der Waals surface area contributed by atoms with Crippen molar-refractivity contribution in [3.63, 3.8) is 0 Å². The molecule has 0 atom stereocenters. The summed E-state index contributed by atoms with van der Waals surface area (Å²) in [5, 5.41) is 1.08. The van der Waals surface area contributed by atoms with Gasteiger partial charge in [0.25, 0.3) is 5.24 Å². The lowest BCUT2D eigenvalue weighted by Crippen LogP contribution is -2.16. The lowest BCUT2D eigenvalue weighted by molar-refractivity contribution is 0.241. The number of carbonyl (C=O) groups excluding carboxylic acids is 1. The standard InChI is InChI=1S/C9H8Cl2INOS/c1-13(2)9(14)15-8-4-5(10)7(12)3-6(8)11/h3-4H,1-2H3. The predicted octanol–water partition coefficient (Wildman–Crippen LogP) is 4.37. The van der Waals surface area contributed by atoms with E-state index < -0.39 is 0 Å². The Morgan fingerprint density at radius 3 is 2.47 bits per heavy atom. The molecule has 0 unspecified atom stereocenters. The fraction of sp³-hybridized carbons (Fsp3) is 0.222. The van der Waals surface area contributed by atoms with Crippen LogP contribution < -0.4 is 0 Å². The molecule has 1 rings (SSSR count). The zero-order valence-corrected chi connectivity index (χ0v) is 12.5. The Morgan fingerprint density at radius 1 is 1.33 bits per heavy atom. The van der Waals surface area contributed by atoms with Gasteiger partial charge in [0.2, 0.25) is 0 Å². The zero-order chi connectivity index (χ0) is 11.6. The number of nitrogens with zero attached hydrogens (tertiary/aromatic N) is 1. The molecule has 0 saturated carbocycles. The number of benzene rings is 1. The minimum atomic E-state index is -0.0748. The molecule has 0 aromatic heterocycles. The van der Waals surface area contributed by atoms with Crippen molar-refractivity contribution in [2.45, 2.75) is 4.90 Å². The van der Waals surface area contributed by atoms with E-state index in [1.54, 1.807) is 26.2 Å². The molecule has 0 spiro atoms. The topological polar surface area (TPSA) is 20.3 Å². The van der Waals surface area contributed by atoms with Gasteiger partial charge in [-0.3, -0.25) is 4.79 Å². The highest BCUT2D eigenvalue weighted by atomic mass is 127. The van der Waals surface area contributed by atoms with Gasteiger partial charge in [0, 0.05) is 22.6 Å². The van der Waals surface area contributed by atoms with Gasteiger partial charge < -0.3 is 4.90 Å². The van der Waals surface area contributed by atoms with Crippen LogP contribution in [-0.2, 0) is 0 Å². The van der Waals surface area contributed by atoms with E-state index >= 15 is 0 Å². The van der Waals surface area contributed by atoms with Crippen LogP contribution in [-0.4, -0.2) is 24.2 Å². The van der Waals surface area contributed by atoms with Crippen molar-refractivity contribution in [2.75, 3.05) is 14.1 Å². The summed E-state index contributed by atoms with van der Waals surface area (Å²) in [5.41, 5.74) is 0. The summed E-state index contributed by atoms with van der Waals surface area (Å²) in [4.78, 5) is 13.6.